The first kappa shape index (κ1) is 17.0. The van der Waals surface area contributed by atoms with Gasteiger partial charge in [0.05, 0.1) is 0 Å². The van der Waals surface area contributed by atoms with E-state index in [4.69, 9.17) is 4.74 Å². The quantitative estimate of drug-likeness (QED) is 0.811. The van der Waals surface area contributed by atoms with Crippen LogP contribution in [-0.2, 0) is 4.74 Å². The Morgan fingerprint density at radius 2 is 2.04 bits per heavy atom. The summed E-state index contributed by atoms with van der Waals surface area (Å²) < 4.78 is 7.38. The molecule has 1 saturated heterocycles. The van der Waals surface area contributed by atoms with Gasteiger partial charge in [0.15, 0.2) is 0 Å². The average Bonchev–Trinajstić information content (AvgIpc) is 3.15. The molecule has 0 bridgehead atoms. The number of ether oxygens (including phenoxy) is 1. The van der Waals surface area contributed by atoms with Gasteiger partial charge in [-0.1, -0.05) is 0 Å². The van der Waals surface area contributed by atoms with E-state index in [1.54, 1.807) is 4.90 Å². The Morgan fingerprint density at radius 1 is 1.29 bits per heavy atom. The van der Waals surface area contributed by atoms with Crippen LogP contribution in [0.15, 0.2) is 30.3 Å². The number of carbonyl (C=O) groups is 1. The molecule has 1 unspecified atom stereocenters. The third-order valence-electron chi connectivity index (χ3n) is 3.63. The van der Waals surface area contributed by atoms with E-state index in [0.29, 0.717) is 0 Å². The van der Waals surface area contributed by atoms with E-state index in [9.17, 15) is 4.79 Å². The first-order valence-corrected chi connectivity index (χ1v) is 9.79. The summed E-state index contributed by atoms with van der Waals surface area (Å²) in [6, 6.07) is 9.95. The molecule has 1 atom stereocenters. The number of carbonyl (C=O) groups excluding carboxylic acids is 1. The summed E-state index contributed by atoms with van der Waals surface area (Å²) in [6.07, 6.45) is 1.64. The maximum absolute atomic E-state index is 12.4. The van der Waals surface area contributed by atoms with Crippen molar-refractivity contribution in [2.24, 2.45) is 0 Å². The molecule has 3 rings (SSSR count). The van der Waals surface area contributed by atoms with Crippen LogP contribution in [0.3, 0.4) is 0 Å². The van der Waals surface area contributed by atoms with Crippen LogP contribution in [0.4, 0.5) is 15.2 Å². The van der Waals surface area contributed by atoms with E-state index in [0.717, 1.165) is 34.3 Å². The molecule has 1 amide bonds. The van der Waals surface area contributed by atoms with Crippen LogP contribution in [0, 0.1) is 0 Å². The van der Waals surface area contributed by atoms with Gasteiger partial charge in [-0.15, -0.1) is 0 Å². The van der Waals surface area contributed by atoms with E-state index in [1.165, 1.54) is 0 Å². The number of nitrogens with one attached hydrogen (secondary N) is 1. The van der Waals surface area contributed by atoms with Crippen LogP contribution in [0.25, 0.3) is 0 Å². The number of aromatic nitrogens is 2. The fourth-order valence-electron chi connectivity index (χ4n) is 2.63. The van der Waals surface area contributed by atoms with Gasteiger partial charge in [0.1, 0.15) is 0 Å². The number of benzene rings is 1. The summed E-state index contributed by atoms with van der Waals surface area (Å²) in [5.74, 6) is 0. The van der Waals surface area contributed by atoms with Crippen molar-refractivity contribution in [3.63, 3.8) is 0 Å². The van der Waals surface area contributed by atoms with E-state index >= 15 is 0 Å². The molecule has 7 heteroatoms. The van der Waals surface area contributed by atoms with Crippen molar-refractivity contribution in [3.05, 3.63) is 34.9 Å². The van der Waals surface area contributed by atoms with Crippen molar-refractivity contribution in [1.29, 1.82) is 0 Å². The van der Waals surface area contributed by atoms with Gasteiger partial charge in [-0.2, -0.15) is 0 Å². The van der Waals surface area contributed by atoms with Gasteiger partial charge in [-0.25, -0.2) is 0 Å². The molecule has 0 aliphatic carbocycles. The molecule has 0 spiro atoms. The summed E-state index contributed by atoms with van der Waals surface area (Å²) in [5.41, 5.74) is 0.522. The normalized spacial score (nSPS) is 17.8. The molecule has 6 nitrogen and oxygen atoms in total. The zero-order valence-corrected chi connectivity index (χ0v) is 15.9. The van der Waals surface area contributed by atoms with Gasteiger partial charge in [-0.3, -0.25) is 0 Å². The molecule has 1 N–H and O–H groups in total. The van der Waals surface area contributed by atoms with Crippen LogP contribution in [0.1, 0.15) is 44.2 Å². The second-order valence-electron chi connectivity index (χ2n) is 6.77. The molecular formula is C17H22N4O2Se. The van der Waals surface area contributed by atoms with E-state index in [1.807, 2.05) is 51.1 Å². The fourth-order valence-corrected chi connectivity index (χ4v) is 4.54. The Kier molecular flexibility index (Phi) is 4.92. The number of hydrogen-bond donors (Lipinski definition) is 1. The van der Waals surface area contributed by atoms with Crippen molar-refractivity contribution >= 4 is 31.0 Å². The first-order chi connectivity index (χ1) is 11.4. The van der Waals surface area contributed by atoms with E-state index < -0.39 is 5.60 Å². The molecule has 1 aliphatic rings. The van der Waals surface area contributed by atoms with Gasteiger partial charge in [0.2, 0.25) is 0 Å². The number of rotatable bonds is 3. The average molecular weight is 393 g/mol. The Balaban J connectivity index is 1.70. The van der Waals surface area contributed by atoms with Crippen LogP contribution in [-0.4, -0.2) is 47.8 Å². The predicted octanol–water partition coefficient (Wildman–Crippen LogP) is 3.35. The Hall–Kier alpha value is -1.85. The van der Waals surface area contributed by atoms with Gasteiger partial charge < -0.3 is 0 Å². The zero-order valence-electron chi connectivity index (χ0n) is 14.2. The van der Waals surface area contributed by atoms with Crippen molar-refractivity contribution < 1.29 is 9.53 Å². The van der Waals surface area contributed by atoms with Crippen molar-refractivity contribution in [3.8, 4) is 0 Å². The first-order valence-electron chi connectivity index (χ1n) is 8.07. The number of anilines is 2. The fraction of sp³-hybridized carbons (Fsp3) is 0.471. The minimum atomic E-state index is -0.483. The summed E-state index contributed by atoms with van der Waals surface area (Å²) in [6.45, 7) is 6.38. The summed E-state index contributed by atoms with van der Waals surface area (Å²) in [4.78, 5) is 14.2. The molecule has 1 fully saturated rings. The number of hydrogen-bond acceptors (Lipinski definition) is 5. The van der Waals surface area contributed by atoms with E-state index in [-0.39, 0.29) is 26.6 Å². The van der Waals surface area contributed by atoms with Gasteiger partial charge >= 0.3 is 148 Å². The van der Waals surface area contributed by atoms with Crippen LogP contribution < -0.4 is 5.32 Å². The summed E-state index contributed by atoms with van der Waals surface area (Å²) in [7, 11) is 0. The van der Waals surface area contributed by atoms with Crippen LogP contribution in [0.2, 0.25) is 0 Å². The number of para-hydroxylation sites is 1. The number of nitrogens with zero attached hydrogens (tertiary/aromatic N) is 3. The number of likely N-dealkylation sites (tertiary alicyclic amines) is 1. The van der Waals surface area contributed by atoms with Crippen molar-refractivity contribution in [2.75, 3.05) is 11.9 Å². The maximum atomic E-state index is 12.4. The van der Waals surface area contributed by atoms with Gasteiger partial charge in [0, 0.05) is 0 Å². The van der Waals surface area contributed by atoms with Gasteiger partial charge in [0.25, 0.3) is 0 Å². The number of amides is 1. The Labute approximate surface area is 148 Å². The van der Waals surface area contributed by atoms with Crippen molar-refractivity contribution in [1.82, 2.24) is 15.1 Å². The van der Waals surface area contributed by atoms with Crippen molar-refractivity contribution in [2.45, 2.75) is 45.3 Å². The predicted molar refractivity (Wildman–Crippen MR) is 93.6 cm³/mol. The topological polar surface area (TPSA) is 67.3 Å². The molecule has 0 radical (unpaired) electrons. The standard InChI is InChI=1S/C17H22N4O2Se/c1-17(2,3)23-16(22)21-11-7-10-13(21)14-19-20-15(24-14)18-12-8-5-4-6-9-12/h4-6,8-9,13H,7,10-11H2,1-3H3,(H,18,20). The molecule has 0 saturated carbocycles. The summed E-state index contributed by atoms with van der Waals surface area (Å²) in [5, 5.41) is 11.9. The Bertz CT molecular complexity index is 696. The Morgan fingerprint density at radius 3 is 2.75 bits per heavy atom. The second kappa shape index (κ2) is 6.95. The molecule has 1 aromatic heterocycles. The second-order valence-corrected chi connectivity index (χ2v) is 8.89. The monoisotopic (exact) mass is 394 g/mol. The van der Waals surface area contributed by atoms with Crippen LogP contribution >= 0.6 is 0 Å². The third-order valence-corrected chi connectivity index (χ3v) is 5.60. The SMILES string of the molecule is CC(C)(C)OC(=O)N1CCCC1c1nnc(Nc2ccccc2)[se]1. The summed E-state index contributed by atoms with van der Waals surface area (Å²) >= 11 is 0.00507. The van der Waals surface area contributed by atoms with Crippen LogP contribution in [0.5, 0.6) is 0 Å². The molecule has 2 heterocycles. The van der Waals surface area contributed by atoms with E-state index in [2.05, 4.69) is 15.5 Å². The third kappa shape index (κ3) is 4.16. The molecule has 1 aliphatic heterocycles. The molecule has 128 valence electrons. The molecule has 24 heavy (non-hydrogen) atoms. The minimum absolute atomic E-state index is 0.00507. The zero-order chi connectivity index (χ0) is 17.2. The van der Waals surface area contributed by atoms with Gasteiger partial charge in [-0.05, 0) is 0 Å². The molecule has 1 aromatic carbocycles. The molecular weight excluding hydrogens is 371 g/mol. The molecule has 2 aromatic rings.